The van der Waals surface area contributed by atoms with Gasteiger partial charge in [-0.2, -0.15) is 0 Å². The second kappa shape index (κ2) is 9.38. The van der Waals surface area contributed by atoms with Gasteiger partial charge in [0, 0.05) is 7.05 Å². The number of carbonyl (C=O) groups is 1. The maximum Gasteiger partial charge on any atom is 0.264 e. The van der Waals surface area contributed by atoms with Gasteiger partial charge in [0.1, 0.15) is 5.75 Å². The van der Waals surface area contributed by atoms with E-state index in [0.717, 1.165) is 0 Å². The Morgan fingerprint density at radius 3 is 2.13 bits per heavy atom. The van der Waals surface area contributed by atoms with E-state index >= 15 is 0 Å². The number of amides is 1. The van der Waals surface area contributed by atoms with E-state index in [9.17, 15) is 13.2 Å². The van der Waals surface area contributed by atoms with Gasteiger partial charge in [-0.05, 0) is 48.5 Å². The molecule has 1 amide bonds. The molecule has 3 aromatic rings. The first kappa shape index (κ1) is 22.0. The molecular weight excluding hydrogens is 447 g/mol. The van der Waals surface area contributed by atoms with Crippen LogP contribution in [-0.2, 0) is 14.8 Å². The van der Waals surface area contributed by atoms with Crippen molar-refractivity contribution in [1.29, 1.82) is 0 Å². The minimum Gasteiger partial charge on any atom is -0.484 e. The fraction of sp³-hybridized carbons (Fsp3) is 0.0952. The third-order valence-electron chi connectivity index (χ3n) is 4.20. The van der Waals surface area contributed by atoms with Crippen molar-refractivity contribution in [1.82, 2.24) is 0 Å². The van der Waals surface area contributed by atoms with Gasteiger partial charge in [0.25, 0.3) is 15.9 Å². The average molecular weight is 465 g/mol. The molecule has 0 saturated heterocycles. The summed E-state index contributed by atoms with van der Waals surface area (Å²) in [4.78, 5) is 12.3. The number of hydrogen-bond acceptors (Lipinski definition) is 4. The number of nitrogens with one attached hydrogen (secondary N) is 1. The highest BCUT2D eigenvalue weighted by Gasteiger charge is 2.20. The fourth-order valence-electron chi connectivity index (χ4n) is 2.58. The third-order valence-corrected chi connectivity index (χ3v) is 6.63. The van der Waals surface area contributed by atoms with Crippen LogP contribution in [0.3, 0.4) is 0 Å². The summed E-state index contributed by atoms with van der Waals surface area (Å²) in [6.07, 6.45) is 0. The molecule has 3 rings (SSSR count). The van der Waals surface area contributed by atoms with Crippen LogP contribution < -0.4 is 14.4 Å². The zero-order chi connectivity index (χ0) is 21.7. The predicted molar refractivity (Wildman–Crippen MR) is 119 cm³/mol. The van der Waals surface area contributed by atoms with Gasteiger partial charge in [0.2, 0.25) is 0 Å². The van der Waals surface area contributed by atoms with Gasteiger partial charge in [-0.3, -0.25) is 9.10 Å². The van der Waals surface area contributed by atoms with Crippen molar-refractivity contribution in [3.63, 3.8) is 0 Å². The monoisotopic (exact) mass is 464 g/mol. The predicted octanol–water partition coefficient (Wildman–Crippen LogP) is 4.84. The molecule has 0 aliphatic heterocycles. The zero-order valence-electron chi connectivity index (χ0n) is 15.9. The molecule has 0 heterocycles. The zero-order valence-corrected chi connectivity index (χ0v) is 18.2. The lowest BCUT2D eigenvalue weighted by atomic mass is 10.3. The van der Waals surface area contributed by atoms with Crippen molar-refractivity contribution < 1.29 is 17.9 Å². The van der Waals surface area contributed by atoms with Crippen LogP contribution in [0.5, 0.6) is 5.75 Å². The molecule has 0 unspecified atom stereocenters. The van der Waals surface area contributed by atoms with Crippen LogP contribution in [0, 0.1) is 0 Å². The van der Waals surface area contributed by atoms with Gasteiger partial charge < -0.3 is 10.1 Å². The molecule has 3 aromatic carbocycles. The molecular formula is C21H18Cl2N2O4S. The topological polar surface area (TPSA) is 75.7 Å². The lowest BCUT2D eigenvalue weighted by molar-refractivity contribution is -0.118. The van der Waals surface area contributed by atoms with Crippen LogP contribution in [0.4, 0.5) is 11.4 Å². The summed E-state index contributed by atoms with van der Waals surface area (Å²) in [6, 6.07) is 19.4. The second-order valence-corrected chi connectivity index (χ2v) is 9.00. The van der Waals surface area contributed by atoms with E-state index < -0.39 is 15.9 Å². The molecule has 0 bridgehead atoms. The number of rotatable bonds is 7. The van der Waals surface area contributed by atoms with Crippen molar-refractivity contribution in [3.8, 4) is 5.75 Å². The number of benzene rings is 3. The minimum atomic E-state index is -3.67. The Morgan fingerprint density at radius 1 is 0.933 bits per heavy atom. The van der Waals surface area contributed by atoms with Crippen LogP contribution in [0.1, 0.15) is 0 Å². The van der Waals surface area contributed by atoms with E-state index in [4.69, 9.17) is 27.9 Å². The summed E-state index contributed by atoms with van der Waals surface area (Å²) in [5.41, 5.74) is 0.774. The Hall–Kier alpha value is -2.74. The summed E-state index contributed by atoms with van der Waals surface area (Å²) >= 11 is 12.1. The summed E-state index contributed by atoms with van der Waals surface area (Å²) in [7, 11) is -2.20. The summed E-state index contributed by atoms with van der Waals surface area (Å²) in [6.45, 7) is -0.265. The number of ether oxygens (including phenoxy) is 1. The summed E-state index contributed by atoms with van der Waals surface area (Å²) < 4.78 is 32.0. The fourth-order valence-corrected chi connectivity index (χ4v) is 4.29. The molecule has 0 radical (unpaired) electrons. The molecule has 0 aliphatic rings. The number of carbonyl (C=O) groups excluding carboxylic acids is 1. The Bertz CT molecular complexity index is 1120. The molecule has 0 aromatic heterocycles. The molecule has 6 nitrogen and oxygen atoms in total. The first-order chi connectivity index (χ1) is 14.3. The van der Waals surface area contributed by atoms with Gasteiger partial charge in [-0.15, -0.1) is 0 Å². The number of hydrogen-bond donors (Lipinski definition) is 1. The summed E-state index contributed by atoms with van der Waals surface area (Å²) in [5.74, 6) is -0.0254. The third kappa shape index (κ3) is 5.05. The highest BCUT2D eigenvalue weighted by Crippen LogP contribution is 2.30. The van der Waals surface area contributed by atoms with E-state index in [1.54, 1.807) is 60.7 Å². The van der Waals surface area contributed by atoms with Gasteiger partial charge in [0.05, 0.1) is 26.3 Å². The lowest BCUT2D eigenvalue weighted by Gasteiger charge is -2.19. The normalized spacial score (nSPS) is 11.0. The Labute approximate surface area is 185 Å². The molecule has 30 heavy (non-hydrogen) atoms. The van der Waals surface area contributed by atoms with Crippen molar-refractivity contribution in [3.05, 3.63) is 82.8 Å². The average Bonchev–Trinajstić information content (AvgIpc) is 2.75. The van der Waals surface area contributed by atoms with Crippen LogP contribution in [0.25, 0.3) is 0 Å². The largest absolute Gasteiger partial charge is 0.484 e. The Morgan fingerprint density at radius 2 is 1.53 bits per heavy atom. The van der Waals surface area contributed by atoms with E-state index in [1.165, 1.54) is 23.5 Å². The van der Waals surface area contributed by atoms with E-state index in [-0.39, 0.29) is 11.5 Å². The van der Waals surface area contributed by atoms with E-state index in [2.05, 4.69) is 5.32 Å². The van der Waals surface area contributed by atoms with Gasteiger partial charge in [-0.1, -0.05) is 47.5 Å². The van der Waals surface area contributed by atoms with Crippen LogP contribution in [-0.4, -0.2) is 28.0 Å². The maximum absolute atomic E-state index is 12.7. The van der Waals surface area contributed by atoms with Crippen LogP contribution in [0.15, 0.2) is 77.7 Å². The Balaban J connectivity index is 1.63. The number of nitrogens with zero attached hydrogens (tertiary/aromatic N) is 1. The lowest BCUT2D eigenvalue weighted by Crippen LogP contribution is -2.26. The van der Waals surface area contributed by atoms with Crippen LogP contribution in [0.2, 0.25) is 10.0 Å². The highest BCUT2D eigenvalue weighted by molar-refractivity contribution is 7.92. The molecule has 0 saturated carbocycles. The first-order valence-corrected chi connectivity index (χ1v) is 11.0. The maximum atomic E-state index is 12.7. The second-order valence-electron chi connectivity index (χ2n) is 6.21. The number of para-hydroxylation sites is 1. The molecule has 156 valence electrons. The molecule has 0 fully saturated rings. The van der Waals surface area contributed by atoms with Crippen molar-refractivity contribution in [2.24, 2.45) is 0 Å². The van der Waals surface area contributed by atoms with Gasteiger partial charge in [-0.25, -0.2) is 8.42 Å². The molecule has 0 aliphatic carbocycles. The Kier molecular flexibility index (Phi) is 6.87. The molecule has 9 heteroatoms. The summed E-state index contributed by atoms with van der Waals surface area (Å²) in [5, 5.41) is 3.25. The molecule has 1 N–H and O–H groups in total. The van der Waals surface area contributed by atoms with Gasteiger partial charge >= 0.3 is 0 Å². The first-order valence-electron chi connectivity index (χ1n) is 8.80. The molecule has 0 spiro atoms. The van der Waals surface area contributed by atoms with Crippen molar-refractivity contribution in [2.45, 2.75) is 4.90 Å². The minimum absolute atomic E-state index is 0.197. The quantitative estimate of drug-likeness (QED) is 0.542. The van der Waals surface area contributed by atoms with Crippen LogP contribution >= 0.6 is 23.2 Å². The van der Waals surface area contributed by atoms with E-state index in [0.29, 0.717) is 27.2 Å². The SMILES string of the molecule is CN(c1ccc(OCC(=O)Nc2c(Cl)cccc2Cl)cc1)S(=O)(=O)c1ccccc1. The molecule has 0 atom stereocenters. The van der Waals surface area contributed by atoms with Crippen molar-refractivity contribution in [2.75, 3.05) is 23.3 Å². The standard InChI is InChI=1S/C21H18Cl2N2O4S/c1-25(30(27,28)17-6-3-2-4-7-17)15-10-12-16(13-11-15)29-14-20(26)24-21-18(22)8-5-9-19(21)23/h2-13H,14H2,1H3,(H,24,26). The highest BCUT2D eigenvalue weighted by atomic mass is 35.5. The smallest absolute Gasteiger partial charge is 0.264 e. The number of anilines is 2. The van der Waals surface area contributed by atoms with Gasteiger partial charge in [0.15, 0.2) is 6.61 Å². The number of halogens is 2. The van der Waals surface area contributed by atoms with E-state index in [1.807, 2.05) is 0 Å². The number of sulfonamides is 1. The van der Waals surface area contributed by atoms with Crippen molar-refractivity contribution >= 4 is 50.5 Å².